The number of para-hydroxylation sites is 1. The first-order chi connectivity index (χ1) is 13.9. The van der Waals surface area contributed by atoms with Gasteiger partial charge in [-0.3, -0.25) is 9.79 Å². The van der Waals surface area contributed by atoms with Crippen molar-refractivity contribution >= 4 is 39.8 Å². The third kappa shape index (κ3) is 4.07. The van der Waals surface area contributed by atoms with Crippen LogP contribution >= 0.6 is 11.3 Å². The zero-order chi connectivity index (χ0) is 21.1. The monoisotopic (exact) mass is 413 g/mol. The maximum Gasteiger partial charge on any atom is 0.336 e. The number of hydrogen-bond donors (Lipinski definition) is 1. The lowest BCUT2D eigenvalue weighted by atomic mass is 9.75. The number of benzene rings is 1. The van der Waals surface area contributed by atoms with E-state index in [1.165, 1.54) is 25.6 Å². The molecule has 0 radical (unpaired) electrons. The largest absolute Gasteiger partial charge is 0.468 e. The lowest BCUT2D eigenvalue weighted by molar-refractivity contribution is -0.143. The molecule has 0 saturated carbocycles. The molecule has 1 aliphatic rings. The average Bonchev–Trinajstić information content (AvgIpc) is 3.11. The van der Waals surface area contributed by atoms with Crippen LogP contribution < -0.4 is 5.32 Å². The standard InChI is InChI=1S/C21H23N3O4S/c1-11-10-29-21(22-11)24-15-9-7-6-8-14(15)18-16(19(25)27-4)12(2)23-13(3)17(18)20(26)28-5/h6-10,16,18H,1-5H3,(H,22,24). The molecule has 1 aromatic heterocycles. The molecule has 1 aliphatic heterocycles. The number of esters is 2. The highest BCUT2D eigenvalue weighted by atomic mass is 32.1. The van der Waals surface area contributed by atoms with Crippen molar-refractivity contribution in [2.45, 2.75) is 26.7 Å². The number of rotatable bonds is 5. The van der Waals surface area contributed by atoms with Crippen molar-refractivity contribution in [1.29, 1.82) is 0 Å². The number of aliphatic imine (C=N–C) groups is 1. The third-order valence-electron chi connectivity index (χ3n) is 4.85. The Balaban J connectivity index is 2.17. The SMILES string of the molecule is COC(=O)C1=C(C)N=C(C)C(C(=O)OC)C1c1ccccc1Nc1nc(C)cs1. The van der Waals surface area contributed by atoms with Crippen molar-refractivity contribution in [2.75, 3.05) is 19.5 Å². The number of carbonyl (C=O) groups excluding carboxylic acids is 2. The number of hydrogen-bond acceptors (Lipinski definition) is 8. The summed E-state index contributed by atoms with van der Waals surface area (Å²) in [6, 6.07) is 7.54. The summed E-state index contributed by atoms with van der Waals surface area (Å²) in [7, 11) is 2.65. The van der Waals surface area contributed by atoms with Crippen molar-refractivity contribution in [3.8, 4) is 0 Å². The van der Waals surface area contributed by atoms with Gasteiger partial charge in [0.1, 0.15) is 5.92 Å². The fourth-order valence-corrected chi connectivity index (χ4v) is 4.29. The van der Waals surface area contributed by atoms with E-state index in [-0.39, 0.29) is 0 Å². The van der Waals surface area contributed by atoms with Crippen LogP contribution in [0.5, 0.6) is 0 Å². The van der Waals surface area contributed by atoms with Gasteiger partial charge in [0.2, 0.25) is 0 Å². The van der Waals surface area contributed by atoms with Crippen LogP contribution in [-0.2, 0) is 19.1 Å². The number of aryl methyl sites for hydroxylation is 1. The van der Waals surface area contributed by atoms with Gasteiger partial charge < -0.3 is 14.8 Å². The van der Waals surface area contributed by atoms with Crippen molar-refractivity contribution in [2.24, 2.45) is 10.9 Å². The second-order valence-electron chi connectivity index (χ2n) is 6.73. The van der Waals surface area contributed by atoms with Gasteiger partial charge >= 0.3 is 11.9 Å². The minimum absolute atomic E-state index is 0.345. The molecule has 0 spiro atoms. The van der Waals surface area contributed by atoms with E-state index in [1.807, 2.05) is 36.6 Å². The van der Waals surface area contributed by atoms with Gasteiger partial charge in [-0.2, -0.15) is 0 Å². The second-order valence-corrected chi connectivity index (χ2v) is 7.59. The first-order valence-electron chi connectivity index (χ1n) is 9.07. The predicted octanol–water partition coefficient (Wildman–Crippen LogP) is 3.99. The molecule has 0 bridgehead atoms. The Hall–Kier alpha value is -3.00. The molecule has 2 unspecified atom stereocenters. The normalized spacial score (nSPS) is 18.9. The second kappa shape index (κ2) is 8.57. The number of nitrogens with zero attached hydrogens (tertiary/aromatic N) is 2. The summed E-state index contributed by atoms with van der Waals surface area (Å²) in [6.07, 6.45) is 0. The van der Waals surface area contributed by atoms with Crippen LogP contribution in [0.15, 0.2) is 45.9 Å². The molecule has 152 valence electrons. The first kappa shape index (κ1) is 20.7. The Bertz CT molecular complexity index is 1010. The van der Waals surface area contributed by atoms with Crippen molar-refractivity contribution < 1.29 is 19.1 Å². The molecule has 2 atom stereocenters. The highest BCUT2D eigenvalue weighted by Gasteiger charge is 2.42. The van der Waals surface area contributed by atoms with Gasteiger partial charge in [0.15, 0.2) is 5.13 Å². The Morgan fingerprint density at radius 2 is 1.83 bits per heavy atom. The van der Waals surface area contributed by atoms with E-state index < -0.39 is 23.8 Å². The number of nitrogens with one attached hydrogen (secondary N) is 1. The van der Waals surface area contributed by atoms with E-state index in [0.29, 0.717) is 17.0 Å². The van der Waals surface area contributed by atoms with E-state index in [0.717, 1.165) is 22.1 Å². The third-order valence-corrected chi connectivity index (χ3v) is 5.72. The fraction of sp³-hybridized carbons (Fsp3) is 0.333. The van der Waals surface area contributed by atoms with Crippen molar-refractivity contribution in [3.05, 3.63) is 52.2 Å². The van der Waals surface area contributed by atoms with Gasteiger partial charge in [-0.25, -0.2) is 9.78 Å². The van der Waals surface area contributed by atoms with E-state index >= 15 is 0 Å². The fourth-order valence-electron chi connectivity index (χ4n) is 3.59. The summed E-state index contributed by atoms with van der Waals surface area (Å²) in [4.78, 5) is 34.2. The van der Waals surface area contributed by atoms with Crippen LogP contribution in [0.1, 0.15) is 31.0 Å². The Morgan fingerprint density at radius 3 is 2.45 bits per heavy atom. The van der Waals surface area contributed by atoms with E-state index in [9.17, 15) is 9.59 Å². The maximum atomic E-state index is 12.7. The smallest absolute Gasteiger partial charge is 0.336 e. The van der Waals surface area contributed by atoms with Gasteiger partial charge in [-0.15, -0.1) is 11.3 Å². The van der Waals surface area contributed by atoms with Gasteiger partial charge in [-0.05, 0) is 32.4 Å². The van der Waals surface area contributed by atoms with Gasteiger partial charge in [0, 0.05) is 28.4 Å². The van der Waals surface area contributed by atoms with Crippen molar-refractivity contribution in [3.63, 3.8) is 0 Å². The molecule has 3 rings (SSSR count). The molecule has 0 amide bonds. The van der Waals surface area contributed by atoms with Crippen LogP contribution in [0, 0.1) is 12.8 Å². The van der Waals surface area contributed by atoms with Crippen LogP contribution in [0.3, 0.4) is 0 Å². The highest BCUT2D eigenvalue weighted by molar-refractivity contribution is 7.13. The van der Waals surface area contributed by atoms with Gasteiger partial charge in [0.05, 0.1) is 25.5 Å². The number of methoxy groups -OCH3 is 2. The molecule has 0 fully saturated rings. The topological polar surface area (TPSA) is 89.9 Å². The molecule has 1 N–H and O–H groups in total. The number of anilines is 2. The Morgan fingerprint density at radius 1 is 1.10 bits per heavy atom. The zero-order valence-electron chi connectivity index (χ0n) is 17.0. The van der Waals surface area contributed by atoms with E-state index in [1.54, 1.807) is 13.8 Å². The Labute approximate surface area is 173 Å². The molecule has 0 aliphatic carbocycles. The predicted molar refractivity (Wildman–Crippen MR) is 113 cm³/mol. The summed E-state index contributed by atoms with van der Waals surface area (Å²) in [5, 5.41) is 5.99. The molecule has 0 saturated heterocycles. The molecule has 2 aromatic rings. The molecular formula is C21H23N3O4S. The number of thiazole rings is 1. The van der Waals surface area contributed by atoms with Crippen molar-refractivity contribution in [1.82, 2.24) is 4.98 Å². The molecule has 8 heteroatoms. The minimum atomic E-state index is -0.737. The van der Waals surface area contributed by atoms with Crippen LogP contribution in [0.25, 0.3) is 0 Å². The summed E-state index contributed by atoms with van der Waals surface area (Å²) in [6.45, 7) is 5.44. The zero-order valence-corrected chi connectivity index (χ0v) is 17.8. The average molecular weight is 413 g/mol. The summed E-state index contributed by atoms with van der Waals surface area (Å²) >= 11 is 1.48. The maximum absolute atomic E-state index is 12.7. The summed E-state index contributed by atoms with van der Waals surface area (Å²) in [5.74, 6) is -2.31. The summed E-state index contributed by atoms with van der Waals surface area (Å²) < 4.78 is 10.1. The summed E-state index contributed by atoms with van der Waals surface area (Å²) in [5.41, 5.74) is 3.90. The minimum Gasteiger partial charge on any atom is -0.468 e. The van der Waals surface area contributed by atoms with Gasteiger partial charge in [-0.1, -0.05) is 18.2 Å². The molecule has 7 nitrogen and oxygen atoms in total. The molecule has 1 aromatic carbocycles. The van der Waals surface area contributed by atoms with Crippen LogP contribution in [-0.4, -0.2) is 36.9 Å². The molecule has 29 heavy (non-hydrogen) atoms. The van der Waals surface area contributed by atoms with Crippen LogP contribution in [0.4, 0.5) is 10.8 Å². The van der Waals surface area contributed by atoms with Gasteiger partial charge in [0.25, 0.3) is 0 Å². The molecular weight excluding hydrogens is 390 g/mol. The quantitative estimate of drug-likeness (QED) is 0.746. The van der Waals surface area contributed by atoms with E-state index in [4.69, 9.17) is 9.47 Å². The number of carbonyl (C=O) groups is 2. The number of aromatic nitrogens is 1. The number of ether oxygens (including phenoxy) is 2. The number of allylic oxidation sites excluding steroid dienone is 1. The molecule has 2 heterocycles. The first-order valence-corrected chi connectivity index (χ1v) is 9.95. The highest BCUT2D eigenvalue weighted by Crippen LogP contribution is 2.43. The van der Waals surface area contributed by atoms with E-state index in [2.05, 4.69) is 15.3 Å². The Kier molecular flexibility index (Phi) is 6.12. The van der Waals surface area contributed by atoms with Crippen LogP contribution in [0.2, 0.25) is 0 Å². The lowest BCUT2D eigenvalue weighted by Crippen LogP contribution is -2.36. The lowest BCUT2D eigenvalue weighted by Gasteiger charge is -2.32.